The number of amides is 1. The molecule has 0 aromatic rings. The number of aliphatic hydroxyl groups is 7. The SMILES string of the molecule is CCCCCCCCCC/C=C/CC/C=C/C(O)C(COP(=O)(O)OC1C(O)C(O)C(O)C(O)C1O)NC(=O)CC(O)CCCCCCCCCCCCCCCCCCCCCC. The summed E-state index contributed by atoms with van der Waals surface area (Å²) in [6, 6.07) is -1.25. The second-order valence-corrected chi connectivity index (χ2v) is 20.0. The van der Waals surface area contributed by atoms with Gasteiger partial charge in [-0.2, -0.15) is 0 Å². The van der Waals surface area contributed by atoms with Crippen molar-refractivity contribution in [2.24, 2.45) is 0 Å². The van der Waals surface area contributed by atoms with E-state index in [1.54, 1.807) is 6.08 Å². The van der Waals surface area contributed by atoms with Gasteiger partial charge in [-0.15, -0.1) is 0 Å². The van der Waals surface area contributed by atoms with Crippen molar-refractivity contribution < 1.29 is 59.0 Å². The highest BCUT2D eigenvalue weighted by atomic mass is 31.2. The van der Waals surface area contributed by atoms with E-state index in [4.69, 9.17) is 9.05 Å². The molecular weight excluding hydrogens is 838 g/mol. The first-order valence-electron chi connectivity index (χ1n) is 25.9. The summed E-state index contributed by atoms with van der Waals surface area (Å²) in [6.45, 7) is 3.74. The summed E-state index contributed by atoms with van der Waals surface area (Å²) in [5, 5.41) is 74.6. The van der Waals surface area contributed by atoms with Crippen LogP contribution in [0.5, 0.6) is 0 Å². The maximum Gasteiger partial charge on any atom is 0.472 e. The molecule has 0 aliphatic heterocycles. The van der Waals surface area contributed by atoms with Crippen molar-refractivity contribution in [1.29, 1.82) is 0 Å². The number of allylic oxidation sites excluding steroid dienone is 3. The van der Waals surface area contributed by atoms with Crippen LogP contribution in [0.15, 0.2) is 24.3 Å². The first-order chi connectivity index (χ1) is 30.8. The van der Waals surface area contributed by atoms with Crippen molar-refractivity contribution >= 4 is 13.7 Å². The van der Waals surface area contributed by atoms with Crippen molar-refractivity contribution in [2.45, 2.75) is 281 Å². The molecule has 64 heavy (non-hydrogen) atoms. The fourth-order valence-corrected chi connectivity index (χ4v) is 9.28. The Hall–Kier alpha value is -1.22. The lowest BCUT2D eigenvalue weighted by Crippen LogP contribution is -2.64. The third kappa shape index (κ3) is 30.9. The lowest BCUT2D eigenvalue weighted by molar-refractivity contribution is -0.220. The number of hydrogen-bond donors (Lipinski definition) is 9. The van der Waals surface area contributed by atoms with E-state index in [0.717, 1.165) is 44.9 Å². The van der Waals surface area contributed by atoms with Crippen molar-refractivity contribution in [3.63, 3.8) is 0 Å². The Bertz CT molecular complexity index is 1190. The lowest BCUT2D eigenvalue weighted by atomic mass is 9.85. The number of unbranched alkanes of at least 4 members (excludes halogenated alkanes) is 28. The summed E-state index contributed by atoms with van der Waals surface area (Å²) >= 11 is 0. The minimum atomic E-state index is -5.15. The fourth-order valence-electron chi connectivity index (χ4n) is 8.32. The highest BCUT2D eigenvalue weighted by molar-refractivity contribution is 7.47. The molecule has 1 fully saturated rings. The fraction of sp³-hybridized carbons (Fsp3) is 0.900. The molecule has 9 N–H and O–H groups in total. The summed E-state index contributed by atoms with van der Waals surface area (Å²) in [7, 11) is -5.15. The van der Waals surface area contributed by atoms with Gasteiger partial charge < -0.3 is 46.0 Å². The zero-order valence-corrected chi connectivity index (χ0v) is 41.1. The molecule has 0 spiro atoms. The van der Waals surface area contributed by atoms with E-state index < -0.39 is 75.2 Å². The molecule has 0 radical (unpaired) electrons. The van der Waals surface area contributed by atoms with Gasteiger partial charge in [0, 0.05) is 0 Å². The van der Waals surface area contributed by atoms with E-state index in [-0.39, 0.29) is 6.42 Å². The van der Waals surface area contributed by atoms with Gasteiger partial charge in [0.2, 0.25) is 5.91 Å². The Balaban J connectivity index is 2.46. The maximum absolute atomic E-state index is 13.0. The Labute approximate surface area is 388 Å². The monoisotopic (exact) mass is 934 g/mol. The first-order valence-corrected chi connectivity index (χ1v) is 27.4. The van der Waals surface area contributed by atoms with Crippen LogP contribution in [0.3, 0.4) is 0 Å². The third-order valence-electron chi connectivity index (χ3n) is 12.5. The predicted octanol–water partition coefficient (Wildman–Crippen LogP) is 9.54. The Kier molecular flexibility index (Phi) is 37.8. The summed E-state index contributed by atoms with van der Waals surface area (Å²) < 4.78 is 22.9. The molecule has 0 heterocycles. The van der Waals surface area contributed by atoms with Crippen molar-refractivity contribution in [3.8, 4) is 0 Å². The number of rotatable bonds is 43. The highest BCUT2D eigenvalue weighted by Crippen LogP contribution is 2.47. The number of nitrogens with one attached hydrogen (secondary N) is 1. The summed E-state index contributed by atoms with van der Waals surface area (Å²) in [5.74, 6) is -0.599. The topological polar surface area (TPSA) is 226 Å². The molecule has 1 aliphatic carbocycles. The van der Waals surface area contributed by atoms with Crippen LogP contribution in [0.25, 0.3) is 0 Å². The van der Waals surface area contributed by atoms with Crippen molar-refractivity contribution in [1.82, 2.24) is 5.32 Å². The van der Waals surface area contributed by atoms with E-state index in [1.165, 1.54) is 154 Å². The molecule has 0 saturated heterocycles. The summed E-state index contributed by atoms with van der Waals surface area (Å²) in [5.41, 5.74) is 0. The molecule has 0 bridgehead atoms. The van der Waals surface area contributed by atoms with Crippen LogP contribution in [0, 0.1) is 0 Å². The van der Waals surface area contributed by atoms with Crippen molar-refractivity contribution in [3.05, 3.63) is 24.3 Å². The van der Waals surface area contributed by atoms with E-state index in [9.17, 15) is 50.0 Å². The van der Waals surface area contributed by atoms with E-state index in [2.05, 4.69) is 31.3 Å². The van der Waals surface area contributed by atoms with Crippen LogP contribution in [0.4, 0.5) is 0 Å². The third-order valence-corrected chi connectivity index (χ3v) is 13.5. The van der Waals surface area contributed by atoms with Gasteiger partial charge in [0.25, 0.3) is 0 Å². The second-order valence-electron chi connectivity index (χ2n) is 18.6. The second kappa shape index (κ2) is 39.7. The average Bonchev–Trinajstić information content (AvgIpc) is 3.27. The van der Waals surface area contributed by atoms with E-state index in [0.29, 0.717) is 12.8 Å². The number of phosphoric acid groups is 1. The van der Waals surface area contributed by atoms with Crippen LogP contribution in [-0.2, 0) is 18.4 Å². The van der Waals surface area contributed by atoms with Crippen molar-refractivity contribution in [2.75, 3.05) is 6.61 Å². The van der Waals surface area contributed by atoms with Gasteiger partial charge in [0.15, 0.2) is 0 Å². The maximum atomic E-state index is 13.0. The number of aliphatic hydroxyl groups excluding tert-OH is 7. The number of hydrogen-bond acceptors (Lipinski definition) is 11. The minimum absolute atomic E-state index is 0.248. The van der Waals surface area contributed by atoms with Gasteiger partial charge in [0.1, 0.15) is 36.6 Å². The predicted molar refractivity (Wildman–Crippen MR) is 257 cm³/mol. The number of carbonyl (C=O) groups is 1. The molecular formula is C50H96NO12P. The molecule has 1 saturated carbocycles. The van der Waals surface area contributed by atoms with Gasteiger partial charge >= 0.3 is 7.82 Å². The summed E-state index contributed by atoms with van der Waals surface area (Å²) in [4.78, 5) is 23.5. The first kappa shape index (κ1) is 60.8. The minimum Gasteiger partial charge on any atom is -0.393 e. The molecule has 0 aromatic carbocycles. The zero-order valence-electron chi connectivity index (χ0n) is 40.2. The molecule has 14 heteroatoms. The number of carbonyl (C=O) groups excluding carboxylic acids is 1. The number of phosphoric ester groups is 1. The van der Waals surface area contributed by atoms with Crippen LogP contribution < -0.4 is 5.32 Å². The Morgan fingerprint density at radius 2 is 0.922 bits per heavy atom. The normalized spacial score (nSPS) is 22.8. The molecule has 0 aromatic heterocycles. The van der Waals surface area contributed by atoms with E-state index >= 15 is 0 Å². The van der Waals surface area contributed by atoms with Crippen LogP contribution in [-0.4, -0.2) is 108 Å². The van der Waals surface area contributed by atoms with E-state index in [1.807, 2.05) is 0 Å². The molecule has 1 aliphatic rings. The van der Waals surface area contributed by atoms with Crippen LogP contribution >= 0.6 is 7.82 Å². The molecule has 1 amide bonds. The molecule has 378 valence electrons. The molecule has 8 atom stereocenters. The highest BCUT2D eigenvalue weighted by Gasteiger charge is 2.51. The van der Waals surface area contributed by atoms with Gasteiger partial charge in [-0.05, 0) is 32.1 Å². The quantitative estimate of drug-likeness (QED) is 0.0158. The van der Waals surface area contributed by atoms with Crippen LogP contribution in [0.1, 0.15) is 226 Å². The Morgan fingerprint density at radius 3 is 1.38 bits per heavy atom. The molecule has 13 nitrogen and oxygen atoms in total. The molecule has 8 unspecified atom stereocenters. The smallest absolute Gasteiger partial charge is 0.393 e. The zero-order chi connectivity index (χ0) is 47.3. The molecule has 1 rings (SSSR count). The van der Waals surface area contributed by atoms with Gasteiger partial charge in [-0.1, -0.05) is 212 Å². The van der Waals surface area contributed by atoms with Gasteiger partial charge in [0.05, 0.1) is 31.3 Å². The van der Waals surface area contributed by atoms with Gasteiger partial charge in [-0.3, -0.25) is 13.8 Å². The average molecular weight is 934 g/mol. The summed E-state index contributed by atoms with van der Waals surface area (Å²) in [6.07, 6.45) is 31.3. The van der Waals surface area contributed by atoms with Gasteiger partial charge in [-0.25, -0.2) is 4.57 Å². The Morgan fingerprint density at radius 1 is 0.547 bits per heavy atom. The largest absolute Gasteiger partial charge is 0.472 e. The lowest BCUT2D eigenvalue weighted by Gasteiger charge is -2.41. The van der Waals surface area contributed by atoms with Crippen LogP contribution in [0.2, 0.25) is 0 Å². The standard InChI is InChI=1S/C50H96NO12P/c1-3-5-7-9-11-13-15-17-19-20-21-22-23-24-25-27-29-31-33-35-37-41(52)39-44(54)51-42(40-62-64(60,61)63-50-48(58)46(56)45(55)47(57)49(50)59)43(53)38-36-34-32-30-28-26-18-16-14-12-10-8-6-4-2/h28,30,36,38,41-43,45-50,52-53,55-59H,3-27,29,31-35,37,39-40H2,1-2H3,(H,51,54)(H,60,61)/b30-28+,38-36+.